The molecule has 0 unspecified atom stereocenters. The van der Waals surface area contributed by atoms with Gasteiger partial charge in [0.15, 0.2) is 0 Å². The minimum atomic E-state index is -0.799. The summed E-state index contributed by atoms with van der Waals surface area (Å²) in [5.41, 5.74) is -0.281. The first-order chi connectivity index (χ1) is 16.2. The maximum atomic E-state index is 14.5. The molecule has 176 valence electrons. The van der Waals surface area contributed by atoms with Crippen LogP contribution in [0.25, 0.3) is 0 Å². The van der Waals surface area contributed by atoms with Crippen molar-refractivity contribution in [3.05, 3.63) is 75.6 Å². The number of carbonyl (C=O) groups is 3. The smallest absolute Gasteiger partial charge is 0.272 e. The number of nitro benzene ring substituents is 1. The van der Waals surface area contributed by atoms with Crippen molar-refractivity contribution in [1.82, 2.24) is 10.0 Å². The van der Waals surface area contributed by atoms with Crippen molar-refractivity contribution >= 4 is 55.3 Å². The molecule has 1 saturated heterocycles. The lowest BCUT2D eigenvalue weighted by Crippen LogP contribution is -2.50. The number of non-ortho nitro benzene ring substituents is 1. The van der Waals surface area contributed by atoms with Gasteiger partial charge in [-0.3, -0.25) is 24.5 Å². The Balaban J connectivity index is 1.55. The van der Waals surface area contributed by atoms with Crippen LogP contribution >= 0.6 is 31.9 Å². The lowest BCUT2D eigenvalue weighted by Gasteiger charge is -2.31. The van der Waals surface area contributed by atoms with Crippen LogP contribution in [0.4, 0.5) is 10.1 Å². The van der Waals surface area contributed by atoms with E-state index in [2.05, 4.69) is 31.9 Å². The van der Waals surface area contributed by atoms with Gasteiger partial charge in [-0.15, -0.1) is 0 Å². The van der Waals surface area contributed by atoms with Crippen molar-refractivity contribution in [2.75, 3.05) is 0 Å². The third kappa shape index (κ3) is 3.48. The van der Waals surface area contributed by atoms with Crippen LogP contribution in [0.15, 0.2) is 48.5 Å². The summed E-state index contributed by atoms with van der Waals surface area (Å²) >= 11 is 7.26. The molecule has 3 fully saturated rings. The predicted molar refractivity (Wildman–Crippen MR) is 125 cm³/mol. The lowest BCUT2D eigenvalue weighted by atomic mass is 9.81. The average molecular weight is 595 g/mol. The molecule has 0 N–H and O–H groups in total. The summed E-state index contributed by atoms with van der Waals surface area (Å²) in [5, 5.41) is 13.0. The third-order valence-corrected chi connectivity index (χ3v) is 10.2. The topological polar surface area (TPSA) is 101 Å². The lowest BCUT2D eigenvalue weighted by molar-refractivity contribution is -0.384. The van der Waals surface area contributed by atoms with Crippen LogP contribution in [0, 0.1) is 39.6 Å². The Bertz CT molecular complexity index is 1190. The summed E-state index contributed by atoms with van der Waals surface area (Å²) in [5.74, 6) is -3.67. The van der Waals surface area contributed by atoms with Crippen LogP contribution in [0.5, 0.6) is 0 Å². The standard InChI is InChI=1S/C23H18Br2FN3O5/c24-19-14-9-15(20(19)25)18-17(14)22(31)28(23(18)32)27(10-12-4-1-2-7-16(12)26)21(30)11-5-3-6-13(8-11)29(33)34/h1-8,14-15,17-20H,9-10H2/t14-,15-,17-,18+,19-,20+/m1/s1. The average Bonchev–Trinajstić information content (AvgIpc) is 3.43. The van der Waals surface area contributed by atoms with Gasteiger partial charge >= 0.3 is 0 Å². The molecule has 2 aromatic rings. The zero-order valence-corrected chi connectivity index (χ0v) is 20.7. The summed E-state index contributed by atoms with van der Waals surface area (Å²) < 4.78 is 14.5. The van der Waals surface area contributed by atoms with E-state index in [4.69, 9.17) is 0 Å². The number of fused-ring (bicyclic) bond motifs is 5. The van der Waals surface area contributed by atoms with E-state index in [0.717, 1.165) is 22.5 Å². The summed E-state index contributed by atoms with van der Waals surface area (Å²) in [6.45, 7) is -0.379. The number of carbonyl (C=O) groups excluding carboxylic acids is 3. The van der Waals surface area contributed by atoms with Crippen molar-refractivity contribution in [1.29, 1.82) is 0 Å². The van der Waals surface area contributed by atoms with E-state index in [1.807, 2.05) is 0 Å². The Morgan fingerprint density at radius 3 is 2.26 bits per heavy atom. The van der Waals surface area contributed by atoms with Crippen LogP contribution in [0.1, 0.15) is 22.3 Å². The zero-order valence-electron chi connectivity index (χ0n) is 17.5. The molecule has 2 saturated carbocycles. The van der Waals surface area contributed by atoms with Gasteiger partial charge in [0.1, 0.15) is 5.82 Å². The Kier molecular flexibility index (Phi) is 5.79. The number of hydrogen-bond donors (Lipinski definition) is 0. The number of imide groups is 1. The molecule has 2 bridgehead atoms. The van der Waals surface area contributed by atoms with E-state index >= 15 is 0 Å². The molecule has 0 spiro atoms. The van der Waals surface area contributed by atoms with Gasteiger partial charge < -0.3 is 0 Å². The molecule has 34 heavy (non-hydrogen) atoms. The third-order valence-electron chi connectivity index (χ3n) is 7.02. The van der Waals surface area contributed by atoms with Gasteiger partial charge in [0.2, 0.25) is 0 Å². The van der Waals surface area contributed by atoms with Crippen molar-refractivity contribution in [3.8, 4) is 0 Å². The molecule has 1 heterocycles. The number of halogens is 3. The number of amides is 3. The van der Waals surface area contributed by atoms with Gasteiger partial charge in [0, 0.05) is 32.9 Å². The largest absolute Gasteiger partial charge is 0.273 e. The molecule has 5 rings (SSSR count). The van der Waals surface area contributed by atoms with E-state index < -0.39 is 40.3 Å². The number of nitrogens with zero attached hydrogens (tertiary/aromatic N) is 3. The highest BCUT2D eigenvalue weighted by atomic mass is 79.9. The van der Waals surface area contributed by atoms with Crippen LogP contribution in [-0.4, -0.2) is 42.3 Å². The van der Waals surface area contributed by atoms with Crippen LogP contribution in [0.3, 0.4) is 0 Å². The number of hydrogen-bond acceptors (Lipinski definition) is 5. The molecule has 0 radical (unpaired) electrons. The van der Waals surface area contributed by atoms with Gasteiger partial charge in [0.25, 0.3) is 23.4 Å². The summed E-state index contributed by atoms with van der Waals surface area (Å²) in [6, 6.07) is 10.8. The quantitative estimate of drug-likeness (QED) is 0.225. The number of hydrazine groups is 1. The van der Waals surface area contributed by atoms with Gasteiger partial charge in [-0.2, -0.15) is 5.01 Å². The molecular formula is C23H18Br2FN3O5. The van der Waals surface area contributed by atoms with Gasteiger partial charge in [-0.1, -0.05) is 56.1 Å². The maximum absolute atomic E-state index is 14.5. The first-order valence-corrected chi connectivity index (χ1v) is 12.5. The highest BCUT2D eigenvalue weighted by Gasteiger charge is 2.67. The Hall–Kier alpha value is -2.66. The van der Waals surface area contributed by atoms with E-state index in [9.17, 15) is 28.9 Å². The fourth-order valence-corrected chi connectivity index (χ4v) is 7.37. The highest BCUT2D eigenvalue weighted by Crippen LogP contribution is 2.60. The monoisotopic (exact) mass is 593 g/mol. The first-order valence-electron chi connectivity index (χ1n) is 10.7. The second-order valence-electron chi connectivity index (χ2n) is 8.75. The van der Waals surface area contributed by atoms with Gasteiger partial charge in [0.05, 0.1) is 23.3 Å². The fourth-order valence-electron chi connectivity index (χ4n) is 5.49. The molecule has 1 aliphatic heterocycles. The summed E-state index contributed by atoms with van der Waals surface area (Å²) in [4.78, 5) is 51.2. The molecule has 0 aromatic heterocycles. The zero-order chi connectivity index (χ0) is 24.3. The van der Waals surface area contributed by atoms with Crippen molar-refractivity contribution in [2.24, 2.45) is 23.7 Å². The van der Waals surface area contributed by atoms with Gasteiger partial charge in [-0.25, -0.2) is 9.40 Å². The Labute approximate surface area is 210 Å². The van der Waals surface area contributed by atoms with E-state index in [1.165, 1.54) is 36.4 Å². The molecule has 3 aliphatic rings. The van der Waals surface area contributed by atoms with Crippen molar-refractivity contribution in [2.45, 2.75) is 22.6 Å². The minimum absolute atomic E-state index is 0.0166. The van der Waals surface area contributed by atoms with Gasteiger partial charge in [-0.05, 0) is 30.4 Å². The number of benzene rings is 2. The molecule has 2 aliphatic carbocycles. The minimum Gasteiger partial charge on any atom is -0.272 e. The predicted octanol–water partition coefficient (Wildman–Crippen LogP) is 4.07. The Morgan fingerprint density at radius 1 is 1.06 bits per heavy atom. The Morgan fingerprint density at radius 2 is 1.68 bits per heavy atom. The van der Waals surface area contributed by atoms with Crippen LogP contribution < -0.4 is 0 Å². The van der Waals surface area contributed by atoms with Crippen molar-refractivity contribution < 1.29 is 23.7 Å². The van der Waals surface area contributed by atoms with E-state index in [-0.39, 0.29) is 44.8 Å². The fraction of sp³-hybridized carbons (Fsp3) is 0.348. The maximum Gasteiger partial charge on any atom is 0.273 e. The highest BCUT2D eigenvalue weighted by molar-refractivity contribution is 9.12. The number of rotatable bonds is 5. The molecule has 3 amide bonds. The molecule has 2 aromatic carbocycles. The second-order valence-corrected chi connectivity index (χ2v) is 10.9. The van der Waals surface area contributed by atoms with Crippen LogP contribution in [0.2, 0.25) is 0 Å². The second kappa shape index (κ2) is 8.53. The SMILES string of the molecule is O=C(c1cccc([N+](=O)[O-])c1)N(Cc1ccccc1F)N1C(=O)[C@@H]2[C@H]3C[C@@H]([C@H](Br)[C@@H]3Br)[C@@H]2C1=O. The normalized spacial score (nSPS) is 29.4. The summed E-state index contributed by atoms with van der Waals surface area (Å²) in [6.07, 6.45) is 0.721. The number of alkyl halides is 2. The number of nitro groups is 1. The molecule has 8 nitrogen and oxygen atoms in total. The van der Waals surface area contributed by atoms with E-state index in [0.29, 0.717) is 0 Å². The van der Waals surface area contributed by atoms with Crippen LogP contribution in [-0.2, 0) is 16.1 Å². The van der Waals surface area contributed by atoms with E-state index in [1.54, 1.807) is 6.07 Å². The molecular weight excluding hydrogens is 577 g/mol. The first kappa shape index (κ1) is 23.1. The molecule has 6 atom stereocenters. The molecule has 11 heteroatoms. The summed E-state index contributed by atoms with van der Waals surface area (Å²) in [7, 11) is 0. The van der Waals surface area contributed by atoms with Crippen molar-refractivity contribution in [3.63, 3.8) is 0 Å².